The third kappa shape index (κ3) is 5.13. The van der Waals surface area contributed by atoms with E-state index in [4.69, 9.17) is 32.7 Å². The Morgan fingerprint density at radius 3 is 2.30 bits per heavy atom. The van der Waals surface area contributed by atoms with Crippen LogP contribution in [-0.4, -0.2) is 12.6 Å². The van der Waals surface area contributed by atoms with Crippen molar-refractivity contribution in [3.8, 4) is 11.5 Å². The van der Waals surface area contributed by atoms with Crippen LogP contribution in [0.15, 0.2) is 40.9 Å². The zero-order chi connectivity index (χ0) is 16.8. The van der Waals surface area contributed by atoms with Crippen LogP contribution in [0.4, 0.5) is 0 Å². The molecule has 2 rings (SSSR count). The van der Waals surface area contributed by atoms with Gasteiger partial charge in [-0.3, -0.25) is 0 Å². The van der Waals surface area contributed by atoms with Gasteiger partial charge in [0.15, 0.2) is 5.75 Å². The molecule has 0 amide bonds. The van der Waals surface area contributed by atoms with E-state index in [1.54, 1.807) is 24.3 Å². The Labute approximate surface area is 153 Å². The van der Waals surface area contributed by atoms with Crippen molar-refractivity contribution in [2.75, 3.05) is 6.61 Å². The van der Waals surface area contributed by atoms with E-state index in [2.05, 4.69) is 22.9 Å². The highest BCUT2D eigenvalue weighted by Crippen LogP contribution is 2.34. The van der Waals surface area contributed by atoms with Gasteiger partial charge in [0.05, 0.1) is 22.2 Å². The summed E-state index contributed by atoms with van der Waals surface area (Å²) in [6.45, 7) is 2.59. The van der Waals surface area contributed by atoms with Crippen LogP contribution in [0.1, 0.15) is 30.1 Å². The predicted octanol–water partition coefficient (Wildman–Crippen LogP) is 6.15. The molecule has 0 saturated heterocycles. The summed E-state index contributed by atoms with van der Waals surface area (Å²) in [6, 6.07) is 9.94. The molecule has 0 heterocycles. The van der Waals surface area contributed by atoms with E-state index in [1.165, 1.54) is 12.1 Å². The fourth-order valence-electron chi connectivity index (χ4n) is 1.80. The molecular formula is C17H15BrCl2O3. The molecule has 3 nitrogen and oxygen atoms in total. The van der Waals surface area contributed by atoms with Gasteiger partial charge in [-0.15, -0.1) is 0 Å². The van der Waals surface area contributed by atoms with E-state index in [9.17, 15) is 4.79 Å². The maximum absolute atomic E-state index is 12.2. The number of benzene rings is 2. The van der Waals surface area contributed by atoms with Crippen LogP contribution in [0.2, 0.25) is 10.0 Å². The molecule has 0 spiro atoms. The number of carbonyl (C=O) groups is 1. The van der Waals surface area contributed by atoms with Gasteiger partial charge in [0, 0.05) is 4.47 Å². The minimum absolute atomic E-state index is 0.269. The van der Waals surface area contributed by atoms with Gasteiger partial charge in [0.1, 0.15) is 5.75 Å². The fourth-order valence-corrected chi connectivity index (χ4v) is 2.66. The summed E-state index contributed by atoms with van der Waals surface area (Å²) in [5.41, 5.74) is 0.269. The van der Waals surface area contributed by atoms with Crippen LogP contribution in [0.3, 0.4) is 0 Å². The van der Waals surface area contributed by atoms with Crippen LogP contribution >= 0.6 is 39.1 Å². The second-order valence-electron chi connectivity index (χ2n) is 4.81. The summed E-state index contributed by atoms with van der Waals surface area (Å²) < 4.78 is 11.7. The maximum atomic E-state index is 12.2. The van der Waals surface area contributed by atoms with Gasteiger partial charge in [0.2, 0.25) is 0 Å². The Kier molecular flexibility index (Phi) is 6.75. The van der Waals surface area contributed by atoms with Gasteiger partial charge in [-0.05, 0) is 42.8 Å². The van der Waals surface area contributed by atoms with Crippen molar-refractivity contribution >= 4 is 45.1 Å². The van der Waals surface area contributed by atoms with E-state index in [0.717, 1.165) is 17.3 Å². The molecule has 0 saturated carbocycles. The summed E-state index contributed by atoms with van der Waals surface area (Å²) in [4.78, 5) is 12.2. The molecule has 122 valence electrons. The molecule has 0 N–H and O–H groups in total. The Morgan fingerprint density at radius 2 is 1.74 bits per heavy atom. The number of carbonyl (C=O) groups excluding carboxylic acids is 1. The summed E-state index contributed by atoms with van der Waals surface area (Å²) in [5, 5.41) is 0.577. The van der Waals surface area contributed by atoms with E-state index in [1.807, 2.05) is 0 Å². The van der Waals surface area contributed by atoms with Crippen molar-refractivity contribution < 1.29 is 14.3 Å². The largest absolute Gasteiger partial charge is 0.490 e. The first kappa shape index (κ1) is 18.1. The third-order valence-corrected chi connectivity index (χ3v) is 4.09. The SMILES string of the molecule is CCCCOc1c(Cl)cc(C(=O)Oc2ccc(Br)cc2)cc1Cl. The number of rotatable bonds is 6. The first-order valence-corrected chi connectivity index (χ1v) is 8.65. The van der Waals surface area contributed by atoms with E-state index in [-0.39, 0.29) is 15.6 Å². The number of hydrogen-bond donors (Lipinski definition) is 0. The van der Waals surface area contributed by atoms with E-state index < -0.39 is 5.97 Å². The maximum Gasteiger partial charge on any atom is 0.343 e. The zero-order valence-electron chi connectivity index (χ0n) is 12.4. The molecule has 0 fully saturated rings. The molecule has 23 heavy (non-hydrogen) atoms. The predicted molar refractivity (Wildman–Crippen MR) is 96.0 cm³/mol. The van der Waals surface area contributed by atoms with Gasteiger partial charge in [-0.1, -0.05) is 52.5 Å². The normalized spacial score (nSPS) is 10.4. The van der Waals surface area contributed by atoms with E-state index in [0.29, 0.717) is 18.1 Å². The lowest BCUT2D eigenvalue weighted by atomic mass is 10.2. The molecule has 0 aliphatic heterocycles. The van der Waals surface area contributed by atoms with Crippen LogP contribution in [0, 0.1) is 0 Å². The average molecular weight is 418 g/mol. The summed E-state index contributed by atoms with van der Waals surface area (Å²) in [6.07, 6.45) is 1.91. The lowest BCUT2D eigenvalue weighted by Gasteiger charge is -2.11. The Balaban J connectivity index is 2.13. The van der Waals surface area contributed by atoms with Crippen LogP contribution in [-0.2, 0) is 0 Å². The van der Waals surface area contributed by atoms with Crippen LogP contribution in [0.25, 0.3) is 0 Å². The van der Waals surface area contributed by atoms with Crippen LogP contribution < -0.4 is 9.47 Å². The van der Waals surface area contributed by atoms with Crippen molar-refractivity contribution in [1.29, 1.82) is 0 Å². The quantitative estimate of drug-likeness (QED) is 0.321. The lowest BCUT2D eigenvalue weighted by Crippen LogP contribution is -2.09. The number of esters is 1. The second-order valence-corrected chi connectivity index (χ2v) is 6.54. The summed E-state index contributed by atoms with van der Waals surface area (Å²) >= 11 is 15.6. The van der Waals surface area contributed by atoms with Crippen molar-refractivity contribution in [2.45, 2.75) is 19.8 Å². The van der Waals surface area contributed by atoms with Gasteiger partial charge < -0.3 is 9.47 Å². The lowest BCUT2D eigenvalue weighted by molar-refractivity contribution is 0.0734. The molecule has 2 aromatic rings. The first-order chi connectivity index (χ1) is 11.0. The van der Waals surface area contributed by atoms with Crippen molar-refractivity contribution in [2.24, 2.45) is 0 Å². The molecule has 6 heteroatoms. The molecular weight excluding hydrogens is 403 g/mol. The topological polar surface area (TPSA) is 35.5 Å². The standard InChI is InChI=1S/C17H15BrCl2O3/c1-2-3-8-22-16-14(19)9-11(10-15(16)20)17(21)23-13-6-4-12(18)5-7-13/h4-7,9-10H,2-3,8H2,1H3. The summed E-state index contributed by atoms with van der Waals surface area (Å²) in [7, 11) is 0. The average Bonchev–Trinajstić information content (AvgIpc) is 2.52. The fraction of sp³-hybridized carbons (Fsp3) is 0.235. The molecule has 0 aliphatic carbocycles. The van der Waals surface area contributed by atoms with Crippen molar-refractivity contribution in [1.82, 2.24) is 0 Å². The van der Waals surface area contributed by atoms with E-state index >= 15 is 0 Å². The van der Waals surface area contributed by atoms with Crippen LogP contribution in [0.5, 0.6) is 11.5 Å². The molecule has 0 aliphatic rings. The van der Waals surface area contributed by atoms with Crippen molar-refractivity contribution in [3.05, 3.63) is 56.5 Å². The Morgan fingerprint density at radius 1 is 1.13 bits per heavy atom. The Hall–Kier alpha value is -1.23. The van der Waals surface area contributed by atoms with Gasteiger partial charge in [0.25, 0.3) is 0 Å². The third-order valence-electron chi connectivity index (χ3n) is 3.00. The number of ether oxygens (including phenoxy) is 2. The monoisotopic (exact) mass is 416 g/mol. The minimum Gasteiger partial charge on any atom is -0.490 e. The molecule has 0 bridgehead atoms. The van der Waals surface area contributed by atoms with Gasteiger partial charge in [-0.25, -0.2) is 4.79 Å². The molecule has 0 atom stereocenters. The smallest absolute Gasteiger partial charge is 0.343 e. The number of halogens is 3. The van der Waals surface area contributed by atoms with Gasteiger partial charge >= 0.3 is 5.97 Å². The Bertz CT molecular complexity index is 664. The van der Waals surface area contributed by atoms with Gasteiger partial charge in [-0.2, -0.15) is 0 Å². The second kappa shape index (κ2) is 8.57. The molecule has 0 aromatic heterocycles. The molecule has 0 radical (unpaired) electrons. The first-order valence-electron chi connectivity index (χ1n) is 7.11. The highest BCUT2D eigenvalue weighted by atomic mass is 79.9. The van der Waals surface area contributed by atoms with Crippen molar-refractivity contribution in [3.63, 3.8) is 0 Å². The minimum atomic E-state index is -0.531. The number of unbranched alkanes of at least 4 members (excludes halogenated alkanes) is 1. The molecule has 0 unspecified atom stereocenters. The summed E-state index contributed by atoms with van der Waals surface area (Å²) in [5.74, 6) is 0.298. The number of hydrogen-bond acceptors (Lipinski definition) is 3. The zero-order valence-corrected chi connectivity index (χ0v) is 15.5. The molecule has 2 aromatic carbocycles. The highest BCUT2D eigenvalue weighted by molar-refractivity contribution is 9.10. The highest BCUT2D eigenvalue weighted by Gasteiger charge is 2.16.